The van der Waals surface area contributed by atoms with Crippen LogP contribution in [0.3, 0.4) is 0 Å². The molecule has 7 heteroatoms. The van der Waals surface area contributed by atoms with Crippen molar-refractivity contribution in [1.29, 1.82) is 0 Å². The molecule has 1 aromatic carbocycles. The van der Waals surface area contributed by atoms with Crippen molar-refractivity contribution >= 4 is 28.1 Å². The van der Waals surface area contributed by atoms with Crippen LogP contribution in [0.1, 0.15) is 23.4 Å². The highest BCUT2D eigenvalue weighted by Crippen LogP contribution is 2.26. The number of likely N-dealkylation sites (N-methyl/N-ethyl adjacent to an activating group) is 1. The molecule has 3 rings (SSSR count). The Morgan fingerprint density at radius 3 is 2.62 bits per heavy atom. The lowest BCUT2D eigenvalue weighted by Crippen LogP contribution is -2.44. The number of halogens is 1. The van der Waals surface area contributed by atoms with Crippen molar-refractivity contribution in [2.24, 2.45) is 0 Å². The van der Waals surface area contributed by atoms with Gasteiger partial charge in [-0.05, 0) is 37.6 Å². The monoisotopic (exact) mass is 366 g/mol. The van der Waals surface area contributed by atoms with E-state index < -0.39 is 0 Å². The van der Waals surface area contributed by atoms with Crippen molar-refractivity contribution < 1.29 is 5.11 Å². The minimum atomic E-state index is 0.223. The second-order valence-corrected chi connectivity index (χ2v) is 7.68. The van der Waals surface area contributed by atoms with Gasteiger partial charge in [-0.15, -0.1) is 10.2 Å². The Hall–Kier alpha value is -1.21. The molecular formula is C17H23ClN4OS. The first-order valence-corrected chi connectivity index (χ1v) is 9.48. The first kappa shape index (κ1) is 17.6. The maximum Gasteiger partial charge on any atom is 0.208 e. The van der Waals surface area contributed by atoms with Gasteiger partial charge in [0.05, 0.1) is 6.61 Å². The average molecular weight is 367 g/mol. The number of nitrogens with zero attached hydrogens (tertiary/aromatic N) is 4. The smallest absolute Gasteiger partial charge is 0.208 e. The van der Waals surface area contributed by atoms with E-state index in [0.717, 1.165) is 54.1 Å². The third-order valence-electron chi connectivity index (χ3n) is 4.54. The van der Waals surface area contributed by atoms with Crippen LogP contribution in [0.2, 0.25) is 5.02 Å². The van der Waals surface area contributed by atoms with Gasteiger partial charge in [0.2, 0.25) is 5.13 Å². The molecule has 130 valence electrons. The molecule has 1 aliphatic heterocycles. The van der Waals surface area contributed by atoms with Crippen molar-refractivity contribution in [1.82, 2.24) is 15.1 Å². The van der Waals surface area contributed by atoms with Gasteiger partial charge in [-0.25, -0.2) is 0 Å². The summed E-state index contributed by atoms with van der Waals surface area (Å²) in [5.41, 5.74) is 1.20. The number of rotatable bonds is 6. The summed E-state index contributed by atoms with van der Waals surface area (Å²) in [6.07, 6.45) is 3.00. The maximum absolute atomic E-state index is 9.06. The van der Waals surface area contributed by atoms with Crippen LogP contribution in [0.15, 0.2) is 24.3 Å². The Balaban J connectivity index is 1.55. The van der Waals surface area contributed by atoms with Crippen molar-refractivity contribution in [3.8, 4) is 0 Å². The summed E-state index contributed by atoms with van der Waals surface area (Å²) in [5.74, 6) is 0. The van der Waals surface area contributed by atoms with Gasteiger partial charge in [0.25, 0.3) is 0 Å². The second kappa shape index (κ2) is 8.25. The van der Waals surface area contributed by atoms with E-state index in [1.165, 1.54) is 5.56 Å². The van der Waals surface area contributed by atoms with Crippen LogP contribution in [-0.4, -0.2) is 59.5 Å². The van der Waals surface area contributed by atoms with E-state index in [0.29, 0.717) is 6.04 Å². The van der Waals surface area contributed by atoms with E-state index >= 15 is 0 Å². The number of aliphatic hydroxyl groups is 1. The van der Waals surface area contributed by atoms with Gasteiger partial charge in [0.1, 0.15) is 5.01 Å². The molecule has 0 saturated carbocycles. The van der Waals surface area contributed by atoms with E-state index in [-0.39, 0.29) is 6.61 Å². The summed E-state index contributed by atoms with van der Waals surface area (Å²) in [6, 6.07) is 8.44. The Labute approximate surface area is 151 Å². The predicted molar refractivity (Wildman–Crippen MR) is 99.1 cm³/mol. The van der Waals surface area contributed by atoms with Gasteiger partial charge >= 0.3 is 0 Å². The van der Waals surface area contributed by atoms with Gasteiger partial charge in [-0.1, -0.05) is 35.1 Å². The Morgan fingerprint density at radius 2 is 1.96 bits per heavy atom. The van der Waals surface area contributed by atoms with E-state index in [9.17, 15) is 0 Å². The predicted octanol–water partition coefficient (Wildman–Crippen LogP) is 2.68. The van der Waals surface area contributed by atoms with E-state index in [1.807, 2.05) is 24.3 Å². The molecule has 1 aromatic heterocycles. The molecular weight excluding hydrogens is 344 g/mol. The summed E-state index contributed by atoms with van der Waals surface area (Å²) in [4.78, 5) is 4.58. The van der Waals surface area contributed by atoms with Crippen LogP contribution in [0.4, 0.5) is 5.13 Å². The minimum absolute atomic E-state index is 0.223. The highest BCUT2D eigenvalue weighted by molar-refractivity contribution is 7.15. The van der Waals surface area contributed by atoms with Crippen LogP contribution in [0, 0.1) is 0 Å². The molecule has 0 atom stereocenters. The number of aromatic nitrogens is 2. The summed E-state index contributed by atoms with van der Waals surface area (Å²) < 4.78 is 0. The van der Waals surface area contributed by atoms with Crippen LogP contribution in [-0.2, 0) is 6.42 Å². The van der Waals surface area contributed by atoms with Gasteiger partial charge in [-0.3, -0.25) is 0 Å². The van der Waals surface area contributed by atoms with Crippen molar-refractivity contribution in [3.05, 3.63) is 39.9 Å². The number of piperidine rings is 1. The quantitative estimate of drug-likeness (QED) is 0.851. The maximum atomic E-state index is 9.06. The fourth-order valence-corrected chi connectivity index (χ4v) is 4.11. The molecule has 1 fully saturated rings. The fraction of sp³-hybridized carbons (Fsp3) is 0.529. The first-order chi connectivity index (χ1) is 11.7. The summed E-state index contributed by atoms with van der Waals surface area (Å²) in [6.45, 7) is 2.96. The lowest BCUT2D eigenvalue weighted by Gasteiger charge is -2.36. The van der Waals surface area contributed by atoms with Crippen molar-refractivity contribution in [3.63, 3.8) is 0 Å². The van der Waals surface area contributed by atoms with E-state index in [4.69, 9.17) is 16.7 Å². The molecule has 1 saturated heterocycles. The molecule has 0 spiro atoms. The number of hydrogen-bond acceptors (Lipinski definition) is 6. The van der Waals surface area contributed by atoms with Crippen LogP contribution in [0.5, 0.6) is 0 Å². The molecule has 1 N–H and O–H groups in total. The number of aliphatic hydroxyl groups excluding tert-OH is 1. The van der Waals surface area contributed by atoms with Crippen LogP contribution in [0.25, 0.3) is 0 Å². The number of hydrogen-bond donors (Lipinski definition) is 1. The minimum Gasteiger partial charge on any atom is -0.395 e. The van der Waals surface area contributed by atoms with E-state index in [1.54, 1.807) is 11.3 Å². The Kier molecular flexibility index (Phi) is 6.05. The molecule has 0 bridgehead atoms. The molecule has 0 radical (unpaired) electrons. The topological polar surface area (TPSA) is 52.5 Å². The summed E-state index contributed by atoms with van der Waals surface area (Å²) in [7, 11) is 2.09. The van der Waals surface area contributed by atoms with Crippen molar-refractivity contribution in [2.45, 2.75) is 25.3 Å². The highest BCUT2D eigenvalue weighted by Gasteiger charge is 2.24. The first-order valence-electron chi connectivity index (χ1n) is 8.28. The summed E-state index contributed by atoms with van der Waals surface area (Å²) in [5, 5.41) is 20.6. The molecule has 2 heterocycles. The van der Waals surface area contributed by atoms with E-state index in [2.05, 4.69) is 27.0 Å². The average Bonchev–Trinajstić information content (AvgIpc) is 3.06. The lowest BCUT2D eigenvalue weighted by atomic mass is 10.0. The third-order valence-corrected chi connectivity index (χ3v) is 5.77. The zero-order valence-corrected chi connectivity index (χ0v) is 15.4. The number of anilines is 1. The largest absolute Gasteiger partial charge is 0.395 e. The van der Waals surface area contributed by atoms with Gasteiger partial charge in [0.15, 0.2) is 0 Å². The third kappa shape index (κ3) is 4.45. The van der Waals surface area contributed by atoms with Crippen LogP contribution >= 0.6 is 22.9 Å². The normalized spacial score (nSPS) is 16.1. The number of benzene rings is 1. The van der Waals surface area contributed by atoms with Gasteiger partial charge in [-0.2, -0.15) is 0 Å². The fourth-order valence-electron chi connectivity index (χ4n) is 3.06. The zero-order chi connectivity index (χ0) is 16.9. The molecule has 1 aliphatic rings. The Bertz CT molecular complexity index is 640. The van der Waals surface area contributed by atoms with Gasteiger partial charge < -0.3 is 14.9 Å². The standard InChI is InChI=1S/C17H23ClN4OS/c1-21(10-11-23)15-6-8-22(9-7-15)17-20-19-16(24-17)12-13-2-4-14(18)5-3-13/h2-5,15,23H,6-12H2,1H3. The molecule has 0 aliphatic carbocycles. The molecule has 24 heavy (non-hydrogen) atoms. The second-order valence-electron chi connectivity index (χ2n) is 6.20. The zero-order valence-electron chi connectivity index (χ0n) is 13.9. The molecule has 0 unspecified atom stereocenters. The molecule has 0 amide bonds. The SMILES string of the molecule is CN(CCO)C1CCN(c2nnc(Cc3ccc(Cl)cc3)s2)CC1. The Morgan fingerprint density at radius 1 is 1.25 bits per heavy atom. The van der Waals surface area contributed by atoms with Crippen molar-refractivity contribution in [2.75, 3.05) is 38.2 Å². The molecule has 5 nitrogen and oxygen atoms in total. The highest BCUT2D eigenvalue weighted by atomic mass is 35.5. The van der Waals surface area contributed by atoms with Crippen LogP contribution < -0.4 is 4.90 Å². The summed E-state index contributed by atoms with van der Waals surface area (Å²) >= 11 is 7.60. The molecule has 2 aromatic rings. The van der Waals surface area contributed by atoms with Gasteiger partial charge in [0, 0.05) is 37.1 Å². The lowest BCUT2D eigenvalue weighted by molar-refractivity contribution is 0.162.